The van der Waals surface area contributed by atoms with Gasteiger partial charge in [0.1, 0.15) is 10.3 Å². The average molecular weight is 293 g/mol. The van der Waals surface area contributed by atoms with Crippen molar-refractivity contribution in [2.24, 2.45) is 0 Å². The quantitative estimate of drug-likeness (QED) is 0.642. The zero-order valence-electron chi connectivity index (χ0n) is 10.4. The van der Waals surface area contributed by atoms with E-state index in [-0.39, 0.29) is 0 Å². The molecule has 6 heteroatoms. The van der Waals surface area contributed by atoms with Crippen molar-refractivity contribution >= 4 is 28.7 Å². The number of nitrogens with zero attached hydrogens (tertiary/aromatic N) is 4. The summed E-state index contributed by atoms with van der Waals surface area (Å²) in [6.07, 6.45) is 1.88. The molecule has 3 heterocycles. The van der Waals surface area contributed by atoms with E-state index in [9.17, 15) is 0 Å². The third kappa shape index (κ3) is 1.97. The molecule has 0 aliphatic rings. The summed E-state index contributed by atoms with van der Waals surface area (Å²) in [6.45, 7) is 3.70. The number of rotatable bonds is 1. The van der Waals surface area contributed by atoms with Crippen LogP contribution in [0.3, 0.4) is 0 Å². The first-order valence-electron chi connectivity index (χ1n) is 5.72. The predicted octanol–water partition coefficient (Wildman–Crippen LogP) is 3.71. The molecule has 3 aromatic rings. The van der Waals surface area contributed by atoms with Crippen molar-refractivity contribution < 1.29 is 0 Å². The van der Waals surface area contributed by atoms with Crippen molar-refractivity contribution in [3.05, 3.63) is 46.0 Å². The Morgan fingerprint density at radius 2 is 1.74 bits per heavy atom. The van der Waals surface area contributed by atoms with Gasteiger partial charge >= 0.3 is 0 Å². The fourth-order valence-electron chi connectivity index (χ4n) is 1.97. The maximum Gasteiger partial charge on any atom is 0.166 e. The van der Waals surface area contributed by atoms with Gasteiger partial charge in [-0.1, -0.05) is 29.3 Å². The van der Waals surface area contributed by atoms with Gasteiger partial charge in [-0.05, 0) is 26.0 Å². The van der Waals surface area contributed by atoms with E-state index in [0.29, 0.717) is 21.7 Å². The Labute approximate surface area is 120 Å². The second kappa shape index (κ2) is 4.47. The SMILES string of the molecule is Cc1nn2ccccc2c1-c1nc(Cl)c(C)c(Cl)n1. The largest absolute Gasteiger partial charge is 0.240 e. The van der Waals surface area contributed by atoms with Gasteiger partial charge < -0.3 is 0 Å². The molecule has 3 aromatic heterocycles. The molecule has 0 aliphatic carbocycles. The van der Waals surface area contributed by atoms with Crippen molar-refractivity contribution in [3.8, 4) is 11.4 Å². The van der Waals surface area contributed by atoms with Crippen LogP contribution in [-0.2, 0) is 0 Å². The van der Waals surface area contributed by atoms with Crippen LogP contribution in [0.5, 0.6) is 0 Å². The van der Waals surface area contributed by atoms with E-state index in [2.05, 4.69) is 15.1 Å². The number of aryl methyl sites for hydroxylation is 1. The fraction of sp³-hybridized carbons (Fsp3) is 0.154. The number of halogens is 2. The summed E-state index contributed by atoms with van der Waals surface area (Å²) in [5, 5.41) is 5.15. The molecule has 0 unspecified atom stereocenters. The van der Waals surface area contributed by atoms with Crippen LogP contribution in [0.25, 0.3) is 16.9 Å². The molecule has 0 spiro atoms. The van der Waals surface area contributed by atoms with Gasteiger partial charge in [0.05, 0.1) is 16.8 Å². The van der Waals surface area contributed by atoms with E-state index < -0.39 is 0 Å². The Morgan fingerprint density at radius 1 is 1.05 bits per heavy atom. The molecule has 0 bridgehead atoms. The van der Waals surface area contributed by atoms with Crippen molar-refractivity contribution in [2.45, 2.75) is 13.8 Å². The highest BCUT2D eigenvalue weighted by molar-refractivity contribution is 6.34. The molecular weight excluding hydrogens is 283 g/mol. The van der Waals surface area contributed by atoms with Gasteiger partial charge in [0.15, 0.2) is 5.82 Å². The maximum atomic E-state index is 6.08. The van der Waals surface area contributed by atoms with Crippen LogP contribution < -0.4 is 0 Å². The lowest BCUT2D eigenvalue weighted by Crippen LogP contribution is -1.94. The van der Waals surface area contributed by atoms with Crippen molar-refractivity contribution in [3.63, 3.8) is 0 Å². The van der Waals surface area contributed by atoms with Gasteiger partial charge in [0.25, 0.3) is 0 Å². The monoisotopic (exact) mass is 292 g/mol. The van der Waals surface area contributed by atoms with Crippen molar-refractivity contribution in [1.82, 2.24) is 19.6 Å². The van der Waals surface area contributed by atoms with E-state index in [1.165, 1.54) is 0 Å². The second-order valence-corrected chi connectivity index (χ2v) is 4.96. The Bertz CT molecular complexity index is 756. The van der Waals surface area contributed by atoms with Crippen molar-refractivity contribution in [1.29, 1.82) is 0 Å². The second-order valence-electron chi connectivity index (χ2n) is 4.24. The molecular formula is C13H10Cl2N4. The van der Waals surface area contributed by atoms with Gasteiger partial charge in [-0.25, -0.2) is 14.5 Å². The van der Waals surface area contributed by atoms with Crippen LogP contribution in [0.4, 0.5) is 0 Å². The summed E-state index contributed by atoms with van der Waals surface area (Å²) in [4.78, 5) is 8.61. The lowest BCUT2D eigenvalue weighted by molar-refractivity contribution is 0.934. The number of hydrogen-bond donors (Lipinski definition) is 0. The molecule has 0 N–H and O–H groups in total. The van der Waals surface area contributed by atoms with Crippen LogP contribution >= 0.6 is 23.2 Å². The summed E-state index contributed by atoms with van der Waals surface area (Å²) in [5.74, 6) is 0.499. The summed E-state index contributed by atoms with van der Waals surface area (Å²) < 4.78 is 1.79. The standard InChI is InChI=1S/C13H10Cl2N4/c1-7-11(14)16-13(17-12(7)15)10-8(2)18-19-6-4-3-5-9(10)19/h3-6H,1-2H3. The predicted molar refractivity (Wildman–Crippen MR) is 75.7 cm³/mol. The van der Waals surface area contributed by atoms with Crippen LogP contribution in [0.2, 0.25) is 10.3 Å². The molecule has 0 radical (unpaired) electrons. The molecule has 0 atom stereocenters. The highest BCUT2D eigenvalue weighted by atomic mass is 35.5. The molecule has 0 aliphatic heterocycles. The summed E-state index contributed by atoms with van der Waals surface area (Å²) in [5.41, 5.74) is 3.30. The van der Waals surface area contributed by atoms with E-state index in [4.69, 9.17) is 23.2 Å². The summed E-state index contributed by atoms with van der Waals surface area (Å²) in [6, 6.07) is 5.82. The highest BCUT2D eigenvalue weighted by Gasteiger charge is 2.16. The Hall–Kier alpha value is -1.65. The molecule has 0 aromatic carbocycles. The van der Waals surface area contributed by atoms with Crippen LogP contribution in [0.1, 0.15) is 11.3 Å². The van der Waals surface area contributed by atoms with E-state index in [1.54, 1.807) is 11.4 Å². The van der Waals surface area contributed by atoms with Gasteiger partial charge in [0.2, 0.25) is 0 Å². The van der Waals surface area contributed by atoms with Crippen molar-refractivity contribution in [2.75, 3.05) is 0 Å². The third-order valence-electron chi connectivity index (χ3n) is 2.97. The number of aromatic nitrogens is 4. The van der Waals surface area contributed by atoms with Gasteiger partial charge in [-0.3, -0.25) is 0 Å². The van der Waals surface area contributed by atoms with Crippen LogP contribution in [0.15, 0.2) is 24.4 Å². The first kappa shape index (κ1) is 12.4. The van der Waals surface area contributed by atoms with E-state index in [0.717, 1.165) is 16.8 Å². The normalized spacial score (nSPS) is 11.2. The molecule has 19 heavy (non-hydrogen) atoms. The number of hydrogen-bond acceptors (Lipinski definition) is 3. The first-order valence-corrected chi connectivity index (χ1v) is 6.47. The van der Waals surface area contributed by atoms with Gasteiger partial charge in [0, 0.05) is 11.8 Å². The van der Waals surface area contributed by atoms with Gasteiger partial charge in [-0.15, -0.1) is 0 Å². The molecule has 4 nitrogen and oxygen atoms in total. The molecule has 96 valence electrons. The minimum atomic E-state index is 0.365. The molecule has 0 fully saturated rings. The fourth-order valence-corrected chi connectivity index (χ4v) is 2.36. The van der Waals surface area contributed by atoms with E-state index >= 15 is 0 Å². The number of fused-ring (bicyclic) bond motifs is 1. The molecule has 0 saturated heterocycles. The smallest absolute Gasteiger partial charge is 0.166 e. The summed E-state index contributed by atoms with van der Waals surface area (Å²) >= 11 is 12.2. The lowest BCUT2D eigenvalue weighted by Gasteiger charge is -2.04. The number of pyridine rings is 1. The minimum Gasteiger partial charge on any atom is -0.240 e. The Kier molecular flexibility index (Phi) is 2.92. The van der Waals surface area contributed by atoms with Crippen LogP contribution in [-0.4, -0.2) is 19.6 Å². The Morgan fingerprint density at radius 3 is 2.42 bits per heavy atom. The van der Waals surface area contributed by atoms with Crippen LogP contribution in [0, 0.1) is 13.8 Å². The average Bonchev–Trinajstić information content (AvgIpc) is 2.71. The first-order chi connectivity index (χ1) is 9.08. The van der Waals surface area contributed by atoms with E-state index in [1.807, 2.05) is 31.3 Å². The topological polar surface area (TPSA) is 43.1 Å². The summed E-state index contributed by atoms with van der Waals surface area (Å²) in [7, 11) is 0. The minimum absolute atomic E-state index is 0.365. The zero-order valence-corrected chi connectivity index (χ0v) is 11.9. The molecule has 0 amide bonds. The van der Waals surface area contributed by atoms with Gasteiger partial charge in [-0.2, -0.15) is 5.10 Å². The Balaban J connectivity index is 2.33. The molecule has 3 rings (SSSR count). The highest BCUT2D eigenvalue weighted by Crippen LogP contribution is 2.29. The molecule has 0 saturated carbocycles. The third-order valence-corrected chi connectivity index (χ3v) is 3.70. The maximum absolute atomic E-state index is 6.08. The zero-order chi connectivity index (χ0) is 13.6. The lowest BCUT2D eigenvalue weighted by atomic mass is 10.2.